The lowest BCUT2D eigenvalue weighted by molar-refractivity contribution is 0.394. The molecule has 0 unspecified atom stereocenters. The maximum absolute atomic E-state index is 9.04. The van der Waals surface area contributed by atoms with Crippen molar-refractivity contribution < 1.29 is 0 Å². The predicted octanol–water partition coefficient (Wildman–Crippen LogP) is 2.60. The second-order valence-electron chi connectivity index (χ2n) is 4.68. The van der Waals surface area contributed by atoms with Gasteiger partial charge in [-0.1, -0.05) is 25.7 Å². The smallest absolute Gasteiger partial charge is 0.176 e. The van der Waals surface area contributed by atoms with Crippen molar-refractivity contribution in [3.05, 3.63) is 17.7 Å². The molecule has 0 bridgehead atoms. The van der Waals surface area contributed by atoms with Gasteiger partial charge in [-0.2, -0.15) is 10.5 Å². The van der Waals surface area contributed by atoms with E-state index in [0.717, 1.165) is 6.54 Å². The molecule has 0 radical (unpaired) electrons. The molecule has 0 atom stereocenters. The molecule has 4 heteroatoms. The summed E-state index contributed by atoms with van der Waals surface area (Å²) >= 11 is 0. The molecule has 1 aromatic rings. The Hall–Kier alpha value is -1.81. The van der Waals surface area contributed by atoms with Crippen molar-refractivity contribution in [2.75, 3.05) is 0 Å². The van der Waals surface area contributed by atoms with Gasteiger partial charge in [0.1, 0.15) is 12.1 Å². The third-order valence-corrected chi connectivity index (χ3v) is 3.48. The van der Waals surface area contributed by atoms with E-state index < -0.39 is 0 Å². The minimum atomic E-state index is 0.251. The van der Waals surface area contributed by atoms with Gasteiger partial charge in [0.05, 0.1) is 6.33 Å². The molecule has 0 amide bonds. The van der Waals surface area contributed by atoms with E-state index >= 15 is 0 Å². The molecule has 1 saturated carbocycles. The van der Waals surface area contributed by atoms with Crippen LogP contribution < -0.4 is 0 Å². The van der Waals surface area contributed by atoms with Gasteiger partial charge in [0.15, 0.2) is 11.4 Å². The molecule has 88 valence electrons. The first-order valence-corrected chi connectivity index (χ1v) is 6.20. The summed E-state index contributed by atoms with van der Waals surface area (Å²) in [6, 6.07) is 4.04. The predicted molar refractivity (Wildman–Crippen MR) is 62.8 cm³/mol. The summed E-state index contributed by atoms with van der Waals surface area (Å²) in [4.78, 5) is 3.97. The van der Waals surface area contributed by atoms with Crippen molar-refractivity contribution in [2.24, 2.45) is 5.92 Å². The van der Waals surface area contributed by atoms with Gasteiger partial charge in [0, 0.05) is 6.54 Å². The maximum Gasteiger partial charge on any atom is 0.176 e. The first-order valence-electron chi connectivity index (χ1n) is 6.20. The maximum atomic E-state index is 9.04. The van der Waals surface area contributed by atoms with Crippen molar-refractivity contribution in [2.45, 2.75) is 45.1 Å². The highest BCUT2D eigenvalue weighted by molar-refractivity contribution is 5.35. The van der Waals surface area contributed by atoms with Crippen LogP contribution in [0, 0.1) is 28.6 Å². The minimum absolute atomic E-state index is 0.251. The first-order chi connectivity index (χ1) is 8.35. The SMILES string of the molecule is N#Cc1ncn(CC2CCCCCC2)c1C#N. The van der Waals surface area contributed by atoms with Crippen LogP contribution in [0.5, 0.6) is 0 Å². The quantitative estimate of drug-likeness (QED) is 0.731. The van der Waals surface area contributed by atoms with Crippen LogP contribution in [0.2, 0.25) is 0 Å². The molecular formula is C13H16N4. The van der Waals surface area contributed by atoms with Crippen LogP contribution in [0.1, 0.15) is 49.9 Å². The number of aromatic nitrogens is 2. The minimum Gasteiger partial charge on any atom is -0.321 e. The number of hydrogen-bond donors (Lipinski definition) is 0. The van der Waals surface area contributed by atoms with Gasteiger partial charge in [0.25, 0.3) is 0 Å². The highest BCUT2D eigenvalue weighted by Gasteiger charge is 2.16. The van der Waals surface area contributed by atoms with Crippen molar-refractivity contribution >= 4 is 0 Å². The molecule has 0 aliphatic heterocycles. The van der Waals surface area contributed by atoms with E-state index in [2.05, 4.69) is 11.1 Å². The number of imidazole rings is 1. The van der Waals surface area contributed by atoms with E-state index in [-0.39, 0.29) is 5.69 Å². The average molecular weight is 228 g/mol. The fraction of sp³-hybridized carbons (Fsp3) is 0.615. The van der Waals surface area contributed by atoms with Gasteiger partial charge in [-0.3, -0.25) is 0 Å². The summed E-state index contributed by atoms with van der Waals surface area (Å²) in [5.74, 6) is 0.630. The Labute approximate surface area is 101 Å². The average Bonchev–Trinajstić information content (AvgIpc) is 2.55. The molecule has 1 aliphatic rings. The Morgan fingerprint density at radius 3 is 2.47 bits per heavy atom. The van der Waals surface area contributed by atoms with Crippen LogP contribution >= 0.6 is 0 Å². The van der Waals surface area contributed by atoms with E-state index in [1.807, 2.05) is 10.6 Å². The Balaban J connectivity index is 2.10. The number of rotatable bonds is 2. The monoisotopic (exact) mass is 228 g/mol. The zero-order chi connectivity index (χ0) is 12.1. The molecule has 0 spiro atoms. The molecule has 1 fully saturated rings. The lowest BCUT2D eigenvalue weighted by Crippen LogP contribution is -2.11. The second-order valence-corrected chi connectivity index (χ2v) is 4.68. The van der Waals surface area contributed by atoms with E-state index in [0.29, 0.717) is 11.6 Å². The summed E-state index contributed by atoms with van der Waals surface area (Å²) < 4.78 is 1.84. The molecule has 2 rings (SSSR count). The second kappa shape index (κ2) is 5.50. The Morgan fingerprint density at radius 2 is 1.88 bits per heavy atom. The van der Waals surface area contributed by atoms with Crippen molar-refractivity contribution in [1.29, 1.82) is 10.5 Å². The van der Waals surface area contributed by atoms with Gasteiger partial charge in [-0.25, -0.2) is 4.98 Å². The molecular weight excluding hydrogens is 212 g/mol. The topological polar surface area (TPSA) is 65.4 Å². The van der Waals surface area contributed by atoms with Crippen molar-refractivity contribution in [3.63, 3.8) is 0 Å². The zero-order valence-corrected chi connectivity index (χ0v) is 9.89. The zero-order valence-electron chi connectivity index (χ0n) is 9.89. The molecule has 0 aromatic carbocycles. The lowest BCUT2D eigenvalue weighted by Gasteiger charge is -2.14. The molecule has 17 heavy (non-hydrogen) atoms. The third-order valence-electron chi connectivity index (χ3n) is 3.48. The normalized spacial score (nSPS) is 17.1. The van der Waals surface area contributed by atoms with Crippen LogP contribution in [0.25, 0.3) is 0 Å². The first kappa shape index (κ1) is 11.7. The standard InChI is InChI=1S/C13H16N4/c14-7-12-13(8-15)17(10-16-12)9-11-5-3-1-2-4-6-11/h10-11H,1-6,9H2. The van der Waals surface area contributed by atoms with Gasteiger partial charge >= 0.3 is 0 Å². The number of nitriles is 2. The van der Waals surface area contributed by atoms with Gasteiger partial charge in [0.2, 0.25) is 0 Å². The molecule has 0 saturated heterocycles. The molecule has 0 N–H and O–H groups in total. The van der Waals surface area contributed by atoms with Crippen LogP contribution in [0.4, 0.5) is 0 Å². The van der Waals surface area contributed by atoms with E-state index in [1.54, 1.807) is 6.33 Å². The highest BCUT2D eigenvalue weighted by Crippen LogP contribution is 2.24. The fourth-order valence-electron chi connectivity index (χ4n) is 2.54. The number of nitrogens with zero attached hydrogens (tertiary/aromatic N) is 4. The fourth-order valence-corrected chi connectivity index (χ4v) is 2.54. The van der Waals surface area contributed by atoms with Crippen LogP contribution in [0.3, 0.4) is 0 Å². The summed E-state index contributed by atoms with van der Waals surface area (Å²) in [5, 5.41) is 17.9. The highest BCUT2D eigenvalue weighted by atomic mass is 15.1. The van der Waals surface area contributed by atoms with Crippen molar-refractivity contribution in [3.8, 4) is 12.1 Å². The van der Waals surface area contributed by atoms with Gasteiger partial charge in [-0.15, -0.1) is 0 Å². The summed E-state index contributed by atoms with van der Waals surface area (Å²) in [5.41, 5.74) is 0.665. The molecule has 1 aromatic heterocycles. The summed E-state index contributed by atoms with van der Waals surface area (Å²) in [6.07, 6.45) is 9.31. The lowest BCUT2D eigenvalue weighted by atomic mass is 10.0. The van der Waals surface area contributed by atoms with Crippen LogP contribution in [-0.4, -0.2) is 9.55 Å². The third kappa shape index (κ3) is 2.65. The largest absolute Gasteiger partial charge is 0.321 e. The molecule has 1 heterocycles. The molecule has 1 aliphatic carbocycles. The van der Waals surface area contributed by atoms with E-state index in [9.17, 15) is 0 Å². The van der Waals surface area contributed by atoms with E-state index in [4.69, 9.17) is 10.5 Å². The Bertz CT molecular complexity index is 453. The molecule has 4 nitrogen and oxygen atoms in total. The van der Waals surface area contributed by atoms with Crippen molar-refractivity contribution in [1.82, 2.24) is 9.55 Å². The number of hydrogen-bond acceptors (Lipinski definition) is 3. The summed E-state index contributed by atoms with van der Waals surface area (Å²) in [7, 11) is 0. The van der Waals surface area contributed by atoms with Crippen LogP contribution in [0.15, 0.2) is 6.33 Å². The van der Waals surface area contributed by atoms with Crippen LogP contribution in [-0.2, 0) is 6.54 Å². The Kier molecular flexibility index (Phi) is 3.77. The Morgan fingerprint density at radius 1 is 1.18 bits per heavy atom. The van der Waals surface area contributed by atoms with Gasteiger partial charge in [-0.05, 0) is 18.8 Å². The van der Waals surface area contributed by atoms with Gasteiger partial charge < -0.3 is 4.57 Å². The van der Waals surface area contributed by atoms with E-state index in [1.165, 1.54) is 38.5 Å². The summed E-state index contributed by atoms with van der Waals surface area (Å²) in [6.45, 7) is 0.831.